The smallest absolute Gasteiger partial charge is 0.310 e. The number of aromatic nitrogens is 4. The first-order valence-corrected chi connectivity index (χ1v) is 12.2. The molecular formula is C25H24N8O4. The van der Waals surface area contributed by atoms with Gasteiger partial charge >= 0.3 is 5.91 Å². The summed E-state index contributed by atoms with van der Waals surface area (Å²) in [6, 6.07) is 7.04. The molecular weight excluding hydrogens is 476 g/mol. The first kappa shape index (κ1) is 23.0. The lowest BCUT2D eigenvalue weighted by molar-refractivity contribution is -0.0794. The molecule has 0 spiro atoms. The van der Waals surface area contributed by atoms with Crippen LogP contribution in [0.5, 0.6) is 5.75 Å². The topological polar surface area (TPSA) is 146 Å². The van der Waals surface area contributed by atoms with E-state index in [2.05, 4.69) is 27.6 Å². The molecule has 3 fully saturated rings. The van der Waals surface area contributed by atoms with E-state index in [1.54, 1.807) is 40.2 Å². The molecule has 0 radical (unpaired) electrons. The van der Waals surface area contributed by atoms with Crippen molar-refractivity contribution >= 4 is 5.91 Å². The Bertz CT molecular complexity index is 1370. The summed E-state index contributed by atoms with van der Waals surface area (Å²) in [5, 5.41) is 26.9. The number of carbonyl (C=O) groups is 1. The van der Waals surface area contributed by atoms with Crippen LogP contribution < -0.4 is 4.74 Å². The lowest BCUT2D eigenvalue weighted by Gasteiger charge is -2.27. The van der Waals surface area contributed by atoms with Gasteiger partial charge in [-0.25, -0.2) is 4.98 Å². The van der Waals surface area contributed by atoms with Gasteiger partial charge in [-0.1, -0.05) is 5.21 Å². The van der Waals surface area contributed by atoms with Crippen LogP contribution in [-0.4, -0.2) is 79.7 Å². The number of hydrogen-bond acceptors (Lipinski definition) is 10. The fourth-order valence-corrected chi connectivity index (χ4v) is 4.88. The number of hydrogen-bond donors (Lipinski definition) is 0. The number of nitriles is 2. The average molecular weight is 501 g/mol. The molecule has 0 bridgehead atoms. The van der Waals surface area contributed by atoms with Crippen LogP contribution in [0.2, 0.25) is 0 Å². The van der Waals surface area contributed by atoms with Crippen LogP contribution in [0.25, 0.3) is 11.3 Å². The van der Waals surface area contributed by atoms with Gasteiger partial charge in [0.2, 0.25) is 0 Å². The van der Waals surface area contributed by atoms with Crippen LogP contribution in [0.4, 0.5) is 0 Å². The molecule has 1 saturated carbocycles. The molecule has 12 nitrogen and oxygen atoms in total. The lowest BCUT2D eigenvalue weighted by atomic mass is 10.1. The maximum atomic E-state index is 13.7. The summed E-state index contributed by atoms with van der Waals surface area (Å²) in [5.41, 5.74) is 0.997. The highest BCUT2D eigenvalue weighted by molar-refractivity contribution is 5.91. The van der Waals surface area contributed by atoms with Crippen LogP contribution in [0, 0.1) is 22.8 Å². The number of nitrogens with zero attached hydrogens (tertiary/aromatic N) is 8. The van der Waals surface area contributed by atoms with Crippen LogP contribution in [0.1, 0.15) is 35.5 Å². The van der Waals surface area contributed by atoms with E-state index in [4.69, 9.17) is 13.9 Å². The second kappa shape index (κ2) is 9.56. The molecule has 2 saturated heterocycles. The van der Waals surface area contributed by atoms with Crippen molar-refractivity contribution in [3.8, 4) is 29.3 Å². The van der Waals surface area contributed by atoms with E-state index < -0.39 is 0 Å². The summed E-state index contributed by atoms with van der Waals surface area (Å²) in [6.45, 7) is 1.95. The molecule has 2 aromatic heterocycles. The van der Waals surface area contributed by atoms with Crippen molar-refractivity contribution in [2.24, 2.45) is 0 Å². The summed E-state index contributed by atoms with van der Waals surface area (Å²) < 4.78 is 18.9. The maximum absolute atomic E-state index is 13.7. The van der Waals surface area contributed by atoms with Gasteiger partial charge in [0, 0.05) is 18.8 Å². The van der Waals surface area contributed by atoms with Crippen molar-refractivity contribution in [1.29, 1.82) is 10.5 Å². The van der Waals surface area contributed by atoms with Crippen molar-refractivity contribution in [2.45, 2.75) is 50.0 Å². The number of amides is 1. The van der Waals surface area contributed by atoms with Gasteiger partial charge in [0.1, 0.15) is 11.9 Å². The van der Waals surface area contributed by atoms with Gasteiger partial charge in [-0.05, 0) is 37.5 Å². The molecule has 188 valence electrons. The Kier molecular flexibility index (Phi) is 5.94. The van der Waals surface area contributed by atoms with Crippen LogP contribution in [0.3, 0.4) is 0 Å². The molecule has 0 unspecified atom stereocenters. The number of likely N-dealkylation sites (tertiary alicyclic amines) is 1. The number of benzene rings is 1. The summed E-state index contributed by atoms with van der Waals surface area (Å²) in [5.74, 6) is 0.563. The second-order valence-corrected chi connectivity index (χ2v) is 9.49. The third kappa shape index (κ3) is 4.59. The van der Waals surface area contributed by atoms with Crippen LogP contribution >= 0.6 is 0 Å². The average Bonchev–Trinajstić information content (AvgIpc) is 3.27. The van der Waals surface area contributed by atoms with E-state index in [0.717, 1.165) is 12.8 Å². The van der Waals surface area contributed by atoms with E-state index in [0.29, 0.717) is 55.4 Å². The number of ether oxygens (including phenoxy) is 2. The standard InChI is InChI=1S/C25H24N8O4/c26-9-16-1-4-22(36-20-13-35-14-20)21(7-16)23-10-28-24(37-23)25(34)33(17-2-3-17)19-8-18(31(11-19)15-27)12-32-6-5-29-30-32/h1,4-7,10,17-20H,2-3,8,11-14H2/t18-,19+/m0/s1. The van der Waals surface area contributed by atoms with Crippen LogP contribution in [0.15, 0.2) is 41.2 Å². The minimum absolute atomic E-state index is 0.0228. The van der Waals surface area contributed by atoms with Crippen molar-refractivity contribution in [3.05, 3.63) is 48.2 Å². The van der Waals surface area contributed by atoms with Gasteiger partial charge in [0.05, 0.1) is 61.4 Å². The molecule has 12 heteroatoms. The van der Waals surface area contributed by atoms with Gasteiger partial charge in [0.15, 0.2) is 12.0 Å². The molecule has 2 atom stereocenters. The zero-order chi connectivity index (χ0) is 25.4. The molecule has 3 aliphatic rings. The third-order valence-corrected chi connectivity index (χ3v) is 6.92. The Morgan fingerprint density at radius 2 is 2.11 bits per heavy atom. The monoisotopic (exact) mass is 500 g/mol. The molecule has 2 aliphatic heterocycles. The van der Waals surface area contributed by atoms with Crippen molar-refractivity contribution in [3.63, 3.8) is 0 Å². The van der Waals surface area contributed by atoms with Crippen molar-refractivity contribution < 1.29 is 18.7 Å². The van der Waals surface area contributed by atoms with Crippen molar-refractivity contribution in [1.82, 2.24) is 29.8 Å². The Labute approximate surface area is 212 Å². The maximum Gasteiger partial charge on any atom is 0.310 e. The van der Waals surface area contributed by atoms with Crippen LogP contribution in [-0.2, 0) is 11.3 Å². The van der Waals surface area contributed by atoms with Gasteiger partial charge in [-0.3, -0.25) is 9.48 Å². The highest BCUT2D eigenvalue weighted by Gasteiger charge is 2.44. The van der Waals surface area contributed by atoms with E-state index >= 15 is 0 Å². The normalized spacial score (nSPS) is 21.2. The summed E-state index contributed by atoms with van der Waals surface area (Å²) in [4.78, 5) is 21.5. The zero-order valence-electron chi connectivity index (χ0n) is 19.9. The first-order valence-electron chi connectivity index (χ1n) is 12.2. The predicted molar refractivity (Wildman–Crippen MR) is 126 cm³/mol. The Balaban J connectivity index is 1.23. The fraction of sp³-hybridized carbons (Fsp3) is 0.440. The molecule has 1 aromatic carbocycles. The number of rotatable bonds is 8. The quantitative estimate of drug-likeness (QED) is 0.420. The van der Waals surface area contributed by atoms with Gasteiger partial charge in [-0.15, -0.1) is 5.10 Å². The zero-order valence-corrected chi connectivity index (χ0v) is 19.9. The lowest BCUT2D eigenvalue weighted by Crippen LogP contribution is -2.43. The summed E-state index contributed by atoms with van der Waals surface area (Å²) in [6.07, 6.45) is 9.49. The minimum atomic E-state index is -0.302. The summed E-state index contributed by atoms with van der Waals surface area (Å²) >= 11 is 0. The molecule has 6 rings (SSSR count). The second-order valence-electron chi connectivity index (χ2n) is 9.49. The third-order valence-electron chi connectivity index (χ3n) is 6.92. The number of oxazole rings is 1. The van der Waals surface area contributed by atoms with Gasteiger partial charge in [0.25, 0.3) is 5.89 Å². The molecule has 3 aromatic rings. The minimum Gasteiger partial charge on any atom is -0.485 e. The van der Waals surface area contributed by atoms with Gasteiger partial charge in [-0.2, -0.15) is 10.5 Å². The Morgan fingerprint density at radius 3 is 2.78 bits per heavy atom. The van der Waals surface area contributed by atoms with E-state index in [1.165, 1.54) is 6.20 Å². The van der Waals surface area contributed by atoms with Crippen molar-refractivity contribution in [2.75, 3.05) is 19.8 Å². The summed E-state index contributed by atoms with van der Waals surface area (Å²) in [7, 11) is 0. The SMILES string of the molecule is N#Cc1ccc(OC2COC2)c(-c2cnc(C(=O)N(C3CC3)[C@@H]3C[C@@H](Cn4ccnn4)N(C#N)C3)o2)c1. The fourth-order valence-electron chi connectivity index (χ4n) is 4.88. The predicted octanol–water partition coefficient (Wildman–Crippen LogP) is 1.81. The Morgan fingerprint density at radius 1 is 1.24 bits per heavy atom. The highest BCUT2D eigenvalue weighted by atomic mass is 16.6. The molecule has 1 aliphatic carbocycles. The largest absolute Gasteiger partial charge is 0.485 e. The Hall–Kier alpha value is -4.42. The van der Waals surface area contributed by atoms with E-state index in [1.807, 2.05) is 4.90 Å². The van der Waals surface area contributed by atoms with E-state index in [-0.39, 0.29) is 36.0 Å². The molecule has 37 heavy (non-hydrogen) atoms. The van der Waals surface area contributed by atoms with E-state index in [9.17, 15) is 15.3 Å². The first-order chi connectivity index (χ1) is 18.1. The van der Waals surface area contributed by atoms with Gasteiger partial charge < -0.3 is 23.7 Å². The highest BCUT2D eigenvalue weighted by Crippen LogP contribution is 2.37. The number of carbonyl (C=O) groups excluding carboxylic acids is 1. The molecule has 1 amide bonds. The molecule has 4 heterocycles. The molecule has 0 N–H and O–H groups in total.